The molecule has 0 atom stereocenters. The lowest BCUT2D eigenvalue weighted by Crippen LogP contribution is -2.16. The summed E-state index contributed by atoms with van der Waals surface area (Å²) in [5.41, 5.74) is 2.85. The standard InChI is InChI=1S/C14H18N4O2/c1-18-9-11(8-16-18)7-15-12-3-5-13(6-4-12)17-14(19)10-20-2/h3-6,8-9,15H,7,10H2,1-2H3,(H,17,19). The van der Waals surface area contributed by atoms with E-state index in [1.54, 1.807) is 4.68 Å². The molecule has 6 heteroatoms. The van der Waals surface area contributed by atoms with Crippen LogP contribution in [-0.4, -0.2) is 29.4 Å². The molecular formula is C14H18N4O2. The first-order valence-corrected chi connectivity index (χ1v) is 6.27. The minimum absolute atomic E-state index is 0.0566. The van der Waals surface area contributed by atoms with E-state index in [0.29, 0.717) is 6.54 Å². The fraction of sp³-hybridized carbons (Fsp3) is 0.286. The average molecular weight is 274 g/mol. The van der Waals surface area contributed by atoms with E-state index >= 15 is 0 Å². The Hall–Kier alpha value is -2.34. The fourth-order valence-electron chi connectivity index (χ4n) is 1.77. The maximum Gasteiger partial charge on any atom is 0.250 e. The number of aryl methyl sites for hydroxylation is 1. The van der Waals surface area contributed by atoms with Gasteiger partial charge in [0.15, 0.2) is 0 Å². The molecule has 0 aliphatic rings. The molecule has 1 amide bonds. The van der Waals surface area contributed by atoms with Crippen LogP contribution < -0.4 is 10.6 Å². The topological polar surface area (TPSA) is 68.2 Å². The fourth-order valence-corrected chi connectivity index (χ4v) is 1.77. The van der Waals surface area contributed by atoms with Crippen LogP contribution in [-0.2, 0) is 23.1 Å². The summed E-state index contributed by atoms with van der Waals surface area (Å²) in [4.78, 5) is 11.3. The summed E-state index contributed by atoms with van der Waals surface area (Å²) >= 11 is 0. The number of nitrogens with one attached hydrogen (secondary N) is 2. The Labute approximate surface area is 117 Å². The number of rotatable bonds is 6. The van der Waals surface area contributed by atoms with E-state index < -0.39 is 0 Å². The molecule has 0 radical (unpaired) electrons. The van der Waals surface area contributed by atoms with E-state index in [1.807, 2.05) is 43.7 Å². The van der Waals surface area contributed by atoms with Gasteiger partial charge in [-0.15, -0.1) is 0 Å². The molecule has 20 heavy (non-hydrogen) atoms. The minimum atomic E-state index is -0.163. The van der Waals surface area contributed by atoms with Crippen molar-refractivity contribution in [1.82, 2.24) is 9.78 Å². The van der Waals surface area contributed by atoms with Crippen LogP contribution in [0.25, 0.3) is 0 Å². The highest BCUT2D eigenvalue weighted by atomic mass is 16.5. The quantitative estimate of drug-likeness (QED) is 0.840. The van der Waals surface area contributed by atoms with Crippen molar-refractivity contribution in [3.8, 4) is 0 Å². The number of ether oxygens (including phenoxy) is 1. The van der Waals surface area contributed by atoms with Gasteiger partial charge in [-0.3, -0.25) is 9.48 Å². The predicted molar refractivity (Wildman–Crippen MR) is 77.5 cm³/mol. The molecule has 0 aliphatic heterocycles. The maximum absolute atomic E-state index is 11.3. The molecule has 106 valence electrons. The molecule has 0 fully saturated rings. The van der Waals surface area contributed by atoms with Gasteiger partial charge in [-0.05, 0) is 24.3 Å². The molecule has 1 heterocycles. The van der Waals surface area contributed by atoms with Gasteiger partial charge >= 0.3 is 0 Å². The molecule has 2 aromatic rings. The second kappa shape index (κ2) is 6.72. The van der Waals surface area contributed by atoms with Gasteiger partial charge in [-0.25, -0.2) is 0 Å². The van der Waals surface area contributed by atoms with Gasteiger partial charge in [-0.1, -0.05) is 0 Å². The van der Waals surface area contributed by atoms with Crippen LogP contribution in [0.5, 0.6) is 0 Å². The van der Waals surface area contributed by atoms with Crippen molar-refractivity contribution >= 4 is 17.3 Å². The van der Waals surface area contributed by atoms with E-state index in [4.69, 9.17) is 4.74 Å². The van der Waals surface area contributed by atoms with Gasteiger partial charge in [0, 0.05) is 43.8 Å². The Kier molecular flexibility index (Phi) is 4.73. The Morgan fingerprint density at radius 2 is 2.00 bits per heavy atom. The number of anilines is 2. The van der Waals surface area contributed by atoms with Crippen molar-refractivity contribution in [3.63, 3.8) is 0 Å². The lowest BCUT2D eigenvalue weighted by molar-refractivity contribution is -0.119. The first-order chi connectivity index (χ1) is 9.67. The maximum atomic E-state index is 11.3. The third-order valence-corrected chi connectivity index (χ3v) is 2.70. The molecule has 1 aromatic heterocycles. The SMILES string of the molecule is COCC(=O)Nc1ccc(NCc2cnn(C)c2)cc1. The van der Waals surface area contributed by atoms with Crippen LogP contribution in [0.15, 0.2) is 36.7 Å². The molecule has 0 unspecified atom stereocenters. The monoisotopic (exact) mass is 274 g/mol. The number of carbonyl (C=O) groups is 1. The zero-order chi connectivity index (χ0) is 14.4. The van der Waals surface area contributed by atoms with Crippen LogP contribution in [0.4, 0.5) is 11.4 Å². The summed E-state index contributed by atoms with van der Waals surface area (Å²) in [6.07, 6.45) is 3.79. The smallest absolute Gasteiger partial charge is 0.250 e. The first-order valence-electron chi connectivity index (χ1n) is 6.27. The number of benzene rings is 1. The van der Waals surface area contributed by atoms with Crippen molar-refractivity contribution in [1.29, 1.82) is 0 Å². The number of methoxy groups -OCH3 is 1. The second-order valence-electron chi connectivity index (χ2n) is 4.43. The Bertz CT molecular complexity index is 563. The number of aromatic nitrogens is 2. The summed E-state index contributed by atoms with van der Waals surface area (Å²) < 4.78 is 6.53. The van der Waals surface area contributed by atoms with Gasteiger partial charge in [0.25, 0.3) is 0 Å². The van der Waals surface area contributed by atoms with E-state index in [1.165, 1.54) is 7.11 Å². The van der Waals surface area contributed by atoms with Crippen LogP contribution in [0.1, 0.15) is 5.56 Å². The van der Waals surface area contributed by atoms with Crippen molar-refractivity contribution in [3.05, 3.63) is 42.2 Å². The van der Waals surface area contributed by atoms with E-state index in [0.717, 1.165) is 16.9 Å². The number of carbonyl (C=O) groups excluding carboxylic acids is 1. The Balaban J connectivity index is 1.86. The zero-order valence-electron chi connectivity index (χ0n) is 11.6. The molecule has 0 aliphatic carbocycles. The summed E-state index contributed by atoms with van der Waals surface area (Å²) in [7, 11) is 3.38. The average Bonchev–Trinajstić information content (AvgIpc) is 2.84. The highest BCUT2D eigenvalue weighted by Gasteiger charge is 2.01. The van der Waals surface area contributed by atoms with Crippen LogP contribution in [0.2, 0.25) is 0 Å². The summed E-state index contributed by atoms with van der Waals surface area (Å²) in [5, 5.41) is 10.1. The molecule has 0 bridgehead atoms. The Morgan fingerprint density at radius 3 is 2.60 bits per heavy atom. The summed E-state index contributed by atoms with van der Waals surface area (Å²) in [6.45, 7) is 0.768. The highest BCUT2D eigenvalue weighted by molar-refractivity contribution is 5.91. The molecule has 0 saturated heterocycles. The molecule has 1 aromatic carbocycles. The van der Waals surface area contributed by atoms with Crippen LogP contribution in [0, 0.1) is 0 Å². The second-order valence-corrected chi connectivity index (χ2v) is 4.43. The molecule has 2 rings (SSSR count). The molecule has 0 saturated carbocycles. The number of hydrogen-bond acceptors (Lipinski definition) is 4. The van der Waals surface area contributed by atoms with Crippen molar-refractivity contribution in [2.45, 2.75) is 6.54 Å². The zero-order valence-corrected chi connectivity index (χ0v) is 11.6. The largest absolute Gasteiger partial charge is 0.381 e. The Morgan fingerprint density at radius 1 is 1.30 bits per heavy atom. The van der Waals surface area contributed by atoms with Gasteiger partial charge in [0.2, 0.25) is 5.91 Å². The van der Waals surface area contributed by atoms with Crippen LogP contribution >= 0.6 is 0 Å². The molecule has 0 spiro atoms. The number of hydrogen-bond donors (Lipinski definition) is 2. The van der Waals surface area contributed by atoms with E-state index in [9.17, 15) is 4.79 Å². The summed E-state index contributed by atoms with van der Waals surface area (Å²) in [6, 6.07) is 7.52. The molecule has 2 N–H and O–H groups in total. The third kappa shape index (κ3) is 4.10. The van der Waals surface area contributed by atoms with E-state index in [2.05, 4.69) is 15.7 Å². The predicted octanol–water partition coefficient (Wildman–Crippen LogP) is 1.62. The molecular weight excluding hydrogens is 256 g/mol. The molecule has 6 nitrogen and oxygen atoms in total. The number of nitrogens with zero attached hydrogens (tertiary/aromatic N) is 2. The van der Waals surface area contributed by atoms with Gasteiger partial charge in [0.05, 0.1) is 6.20 Å². The van der Waals surface area contributed by atoms with E-state index in [-0.39, 0.29) is 12.5 Å². The van der Waals surface area contributed by atoms with Gasteiger partial charge < -0.3 is 15.4 Å². The van der Waals surface area contributed by atoms with Crippen molar-refractivity contribution in [2.75, 3.05) is 24.4 Å². The van der Waals surface area contributed by atoms with Crippen molar-refractivity contribution in [2.24, 2.45) is 7.05 Å². The lowest BCUT2D eigenvalue weighted by atomic mass is 10.2. The highest BCUT2D eigenvalue weighted by Crippen LogP contribution is 2.14. The minimum Gasteiger partial charge on any atom is -0.381 e. The van der Waals surface area contributed by atoms with Crippen molar-refractivity contribution < 1.29 is 9.53 Å². The summed E-state index contributed by atoms with van der Waals surface area (Å²) in [5.74, 6) is -0.163. The van der Waals surface area contributed by atoms with Crippen LogP contribution in [0.3, 0.4) is 0 Å². The normalized spacial score (nSPS) is 10.3. The van der Waals surface area contributed by atoms with Gasteiger partial charge in [-0.2, -0.15) is 5.10 Å². The number of amides is 1. The first kappa shape index (κ1) is 14.1. The van der Waals surface area contributed by atoms with Gasteiger partial charge in [0.1, 0.15) is 6.61 Å². The third-order valence-electron chi connectivity index (χ3n) is 2.70. The lowest BCUT2D eigenvalue weighted by Gasteiger charge is -2.07.